The molecule has 0 spiro atoms. The van der Waals surface area contributed by atoms with E-state index in [0.717, 1.165) is 6.54 Å². The summed E-state index contributed by atoms with van der Waals surface area (Å²) in [6, 6.07) is -0.555. The minimum absolute atomic E-state index is 0.113. The van der Waals surface area contributed by atoms with Crippen molar-refractivity contribution < 1.29 is 19.1 Å². The van der Waals surface area contributed by atoms with Crippen LogP contribution in [-0.2, 0) is 19.1 Å². The Bertz CT molecular complexity index is 293. The molecule has 2 amide bonds. The molecule has 2 unspecified atom stereocenters. The molecule has 1 fully saturated rings. The molecule has 7 nitrogen and oxygen atoms in total. The van der Waals surface area contributed by atoms with Crippen LogP contribution in [0.5, 0.6) is 0 Å². The third kappa shape index (κ3) is 6.51. The molecule has 2 atom stereocenters. The Labute approximate surface area is 113 Å². The monoisotopic (exact) mass is 273 g/mol. The van der Waals surface area contributed by atoms with E-state index in [0.29, 0.717) is 26.3 Å². The van der Waals surface area contributed by atoms with E-state index in [-0.39, 0.29) is 24.3 Å². The largest absolute Gasteiger partial charge is 0.383 e. The van der Waals surface area contributed by atoms with Crippen molar-refractivity contribution in [2.45, 2.75) is 25.5 Å². The molecule has 1 heterocycles. The molecule has 0 saturated carbocycles. The number of carbonyl (C=O) groups excluding carboxylic acids is 2. The summed E-state index contributed by atoms with van der Waals surface area (Å²) >= 11 is 0. The SMILES string of the molecule is COCCNC(=O)C(C)NC(=O)CC1CNCCO1. The molecule has 0 aromatic heterocycles. The Hall–Kier alpha value is -1.18. The fraction of sp³-hybridized carbons (Fsp3) is 0.833. The van der Waals surface area contributed by atoms with Gasteiger partial charge < -0.3 is 25.4 Å². The molecule has 110 valence electrons. The fourth-order valence-corrected chi connectivity index (χ4v) is 1.75. The first-order chi connectivity index (χ1) is 9.13. The van der Waals surface area contributed by atoms with E-state index >= 15 is 0 Å². The minimum Gasteiger partial charge on any atom is -0.383 e. The van der Waals surface area contributed by atoms with E-state index in [1.165, 1.54) is 0 Å². The van der Waals surface area contributed by atoms with Crippen molar-refractivity contribution in [2.24, 2.45) is 0 Å². The predicted molar refractivity (Wildman–Crippen MR) is 69.7 cm³/mol. The second-order valence-electron chi connectivity index (χ2n) is 4.47. The average Bonchev–Trinajstić information content (AvgIpc) is 2.39. The van der Waals surface area contributed by atoms with E-state index in [4.69, 9.17) is 9.47 Å². The van der Waals surface area contributed by atoms with Gasteiger partial charge in [-0.15, -0.1) is 0 Å². The average molecular weight is 273 g/mol. The third-order valence-electron chi connectivity index (χ3n) is 2.79. The molecule has 1 aliphatic rings. The second-order valence-corrected chi connectivity index (χ2v) is 4.47. The normalized spacial score (nSPS) is 20.6. The molecule has 1 saturated heterocycles. The molecular weight excluding hydrogens is 250 g/mol. The second kappa shape index (κ2) is 8.84. The maximum atomic E-state index is 11.7. The zero-order chi connectivity index (χ0) is 14.1. The first-order valence-electron chi connectivity index (χ1n) is 6.51. The van der Waals surface area contributed by atoms with Crippen LogP contribution in [0.2, 0.25) is 0 Å². The van der Waals surface area contributed by atoms with Gasteiger partial charge in [-0.2, -0.15) is 0 Å². The van der Waals surface area contributed by atoms with Crippen LogP contribution in [0.25, 0.3) is 0 Å². The van der Waals surface area contributed by atoms with E-state index in [2.05, 4.69) is 16.0 Å². The number of hydrogen-bond donors (Lipinski definition) is 3. The highest BCUT2D eigenvalue weighted by molar-refractivity contribution is 5.87. The van der Waals surface area contributed by atoms with Crippen molar-refractivity contribution >= 4 is 11.8 Å². The van der Waals surface area contributed by atoms with Gasteiger partial charge in [-0.25, -0.2) is 0 Å². The zero-order valence-electron chi connectivity index (χ0n) is 11.5. The number of nitrogens with one attached hydrogen (secondary N) is 3. The van der Waals surface area contributed by atoms with Crippen molar-refractivity contribution in [3.63, 3.8) is 0 Å². The number of carbonyl (C=O) groups is 2. The van der Waals surface area contributed by atoms with Crippen LogP contribution in [0.4, 0.5) is 0 Å². The van der Waals surface area contributed by atoms with E-state index in [1.807, 2.05) is 0 Å². The molecule has 1 aliphatic heterocycles. The van der Waals surface area contributed by atoms with Crippen LogP contribution in [0, 0.1) is 0 Å². The van der Waals surface area contributed by atoms with Gasteiger partial charge in [-0.3, -0.25) is 9.59 Å². The summed E-state index contributed by atoms with van der Waals surface area (Å²) in [5, 5.41) is 8.48. The Morgan fingerprint density at radius 2 is 2.32 bits per heavy atom. The van der Waals surface area contributed by atoms with Gasteiger partial charge in [-0.1, -0.05) is 0 Å². The molecule has 0 bridgehead atoms. The number of amides is 2. The minimum atomic E-state index is -0.555. The Balaban J connectivity index is 2.20. The third-order valence-corrected chi connectivity index (χ3v) is 2.79. The summed E-state index contributed by atoms with van der Waals surface area (Å²) in [5.74, 6) is -0.392. The summed E-state index contributed by atoms with van der Waals surface area (Å²) in [4.78, 5) is 23.4. The van der Waals surface area contributed by atoms with Gasteiger partial charge in [-0.05, 0) is 6.92 Å². The number of hydrogen-bond acceptors (Lipinski definition) is 5. The van der Waals surface area contributed by atoms with Crippen molar-refractivity contribution in [1.29, 1.82) is 0 Å². The van der Waals surface area contributed by atoms with Crippen molar-refractivity contribution in [1.82, 2.24) is 16.0 Å². The van der Waals surface area contributed by atoms with Crippen LogP contribution >= 0.6 is 0 Å². The lowest BCUT2D eigenvalue weighted by Gasteiger charge is -2.23. The van der Waals surface area contributed by atoms with Gasteiger partial charge >= 0.3 is 0 Å². The molecule has 19 heavy (non-hydrogen) atoms. The highest BCUT2D eigenvalue weighted by atomic mass is 16.5. The maximum Gasteiger partial charge on any atom is 0.242 e. The van der Waals surface area contributed by atoms with Crippen molar-refractivity contribution in [3.8, 4) is 0 Å². The summed E-state index contributed by atoms with van der Waals surface area (Å²) in [5.41, 5.74) is 0. The van der Waals surface area contributed by atoms with Gasteiger partial charge in [0.1, 0.15) is 6.04 Å². The molecule has 1 rings (SSSR count). The molecule has 0 aromatic carbocycles. The molecular formula is C12H23N3O4. The van der Waals surface area contributed by atoms with Crippen LogP contribution in [-0.4, -0.2) is 63.9 Å². The quantitative estimate of drug-likeness (QED) is 0.498. The van der Waals surface area contributed by atoms with Crippen LogP contribution in [0.1, 0.15) is 13.3 Å². The predicted octanol–water partition coefficient (Wildman–Crippen LogP) is -1.37. The molecule has 0 aromatic rings. The van der Waals surface area contributed by atoms with E-state index < -0.39 is 6.04 Å². The Kier molecular flexibility index (Phi) is 7.39. The van der Waals surface area contributed by atoms with Crippen LogP contribution < -0.4 is 16.0 Å². The Morgan fingerprint density at radius 3 is 2.95 bits per heavy atom. The smallest absolute Gasteiger partial charge is 0.242 e. The van der Waals surface area contributed by atoms with Gasteiger partial charge in [0.25, 0.3) is 0 Å². The van der Waals surface area contributed by atoms with Crippen LogP contribution in [0.15, 0.2) is 0 Å². The van der Waals surface area contributed by atoms with Crippen molar-refractivity contribution in [2.75, 3.05) is 40.0 Å². The van der Waals surface area contributed by atoms with Crippen LogP contribution in [0.3, 0.4) is 0 Å². The summed E-state index contributed by atoms with van der Waals surface area (Å²) in [7, 11) is 1.57. The number of morpholine rings is 1. The highest BCUT2D eigenvalue weighted by Gasteiger charge is 2.20. The first kappa shape index (κ1) is 15.9. The number of rotatable bonds is 7. The molecule has 0 radical (unpaired) electrons. The molecule has 0 aliphatic carbocycles. The molecule has 3 N–H and O–H groups in total. The highest BCUT2D eigenvalue weighted by Crippen LogP contribution is 2.01. The fourth-order valence-electron chi connectivity index (χ4n) is 1.75. The summed E-state index contributed by atoms with van der Waals surface area (Å²) in [6.45, 7) is 4.64. The zero-order valence-corrected chi connectivity index (χ0v) is 11.5. The maximum absolute atomic E-state index is 11.7. The lowest BCUT2D eigenvalue weighted by Crippen LogP contribution is -2.47. The Morgan fingerprint density at radius 1 is 1.53 bits per heavy atom. The first-order valence-corrected chi connectivity index (χ1v) is 6.51. The lowest BCUT2D eigenvalue weighted by molar-refractivity contribution is -0.130. The number of ether oxygens (including phenoxy) is 2. The van der Waals surface area contributed by atoms with E-state index in [9.17, 15) is 9.59 Å². The van der Waals surface area contributed by atoms with E-state index in [1.54, 1.807) is 14.0 Å². The summed E-state index contributed by atoms with van der Waals surface area (Å²) < 4.78 is 10.3. The van der Waals surface area contributed by atoms with Gasteiger partial charge in [0.2, 0.25) is 11.8 Å². The lowest BCUT2D eigenvalue weighted by atomic mass is 10.2. The van der Waals surface area contributed by atoms with Crippen molar-refractivity contribution in [3.05, 3.63) is 0 Å². The summed E-state index contributed by atoms with van der Waals surface area (Å²) in [6.07, 6.45) is 0.153. The standard InChI is InChI=1S/C12H23N3O4/c1-9(12(17)14-4-5-18-2)15-11(16)7-10-8-13-3-6-19-10/h9-10,13H,3-8H2,1-2H3,(H,14,17)(H,15,16). The van der Waals surface area contributed by atoms with Gasteiger partial charge in [0.05, 0.1) is 25.7 Å². The van der Waals surface area contributed by atoms with Gasteiger partial charge in [0.15, 0.2) is 0 Å². The molecule has 7 heteroatoms. The topological polar surface area (TPSA) is 88.7 Å². The number of methoxy groups -OCH3 is 1. The van der Waals surface area contributed by atoms with Gasteiger partial charge in [0, 0.05) is 26.7 Å².